The molecular formula is C16H11N3O5. The summed E-state index contributed by atoms with van der Waals surface area (Å²) >= 11 is 0. The van der Waals surface area contributed by atoms with Crippen molar-refractivity contribution in [1.29, 1.82) is 0 Å². The maximum absolute atomic E-state index is 12.2. The Bertz CT molecular complexity index is 889. The molecule has 0 spiro atoms. The molecule has 0 bridgehead atoms. The standard InChI is InChI=1S/C16H11N3O5/c1-10-3-2-4-13(14(10)19(21)22)16(20)24-12-7-5-11(6-8-12)15-18-17-9-23-15/h2-9H,1H3. The third-order valence-corrected chi connectivity index (χ3v) is 3.31. The molecule has 0 radical (unpaired) electrons. The van der Waals surface area contributed by atoms with Crippen molar-refractivity contribution in [2.24, 2.45) is 0 Å². The lowest BCUT2D eigenvalue weighted by Gasteiger charge is -2.06. The number of hydrogen-bond donors (Lipinski definition) is 0. The number of aromatic nitrogens is 2. The molecule has 24 heavy (non-hydrogen) atoms. The number of rotatable bonds is 4. The normalized spacial score (nSPS) is 10.4. The van der Waals surface area contributed by atoms with Crippen molar-refractivity contribution in [3.63, 3.8) is 0 Å². The van der Waals surface area contributed by atoms with Crippen molar-refractivity contribution in [1.82, 2.24) is 10.2 Å². The first-order valence-corrected chi connectivity index (χ1v) is 6.89. The molecule has 0 fully saturated rings. The van der Waals surface area contributed by atoms with E-state index in [0.717, 1.165) is 0 Å². The Labute approximate surface area is 135 Å². The van der Waals surface area contributed by atoms with Crippen LogP contribution in [0.25, 0.3) is 11.5 Å². The minimum absolute atomic E-state index is 0.0963. The van der Waals surface area contributed by atoms with Gasteiger partial charge in [-0.05, 0) is 37.3 Å². The second kappa shape index (κ2) is 6.29. The maximum atomic E-state index is 12.2. The highest BCUT2D eigenvalue weighted by molar-refractivity contribution is 5.95. The topological polar surface area (TPSA) is 108 Å². The molecule has 0 aliphatic carbocycles. The van der Waals surface area contributed by atoms with Crippen LogP contribution in [0.15, 0.2) is 53.3 Å². The quantitative estimate of drug-likeness (QED) is 0.313. The molecule has 0 saturated carbocycles. The first kappa shape index (κ1) is 15.3. The third-order valence-electron chi connectivity index (χ3n) is 3.31. The van der Waals surface area contributed by atoms with Crippen molar-refractivity contribution in [2.75, 3.05) is 0 Å². The van der Waals surface area contributed by atoms with Crippen LogP contribution in [0, 0.1) is 17.0 Å². The number of benzene rings is 2. The number of aryl methyl sites for hydroxylation is 1. The maximum Gasteiger partial charge on any atom is 0.350 e. The van der Waals surface area contributed by atoms with Gasteiger partial charge in [-0.2, -0.15) is 0 Å². The van der Waals surface area contributed by atoms with Gasteiger partial charge in [0, 0.05) is 11.1 Å². The number of nitro groups is 1. The van der Waals surface area contributed by atoms with Crippen LogP contribution >= 0.6 is 0 Å². The average Bonchev–Trinajstić information content (AvgIpc) is 3.09. The highest BCUT2D eigenvalue weighted by Gasteiger charge is 2.24. The lowest BCUT2D eigenvalue weighted by atomic mass is 10.1. The molecule has 0 aliphatic heterocycles. The van der Waals surface area contributed by atoms with E-state index >= 15 is 0 Å². The van der Waals surface area contributed by atoms with Gasteiger partial charge in [-0.15, -0.1) is 10.2 Å². The summed E-state index contributed by atoms with van der Waals surface area (Å²) in [5.74, 6) is -0.211. The molecule has 3 aromatic rings. The van der Waals surface area contributed by atoms with E-state index in [0.29, 0.717) is 17.0 Å². The van der Waals surface area contributed by atoms with Gasteiger partial charge in [0.25, 0.3) is 5.69 Å². The molecule has 0 N–H and O–H groups in total. The van der Waals surface area contributed by atoms with Gasteiger partial charge in [-0.3, -0.25) is 10.1 Å². The SMILES string of the molecule is Cc1cccc(C(=O)Oc2ccc(-c3nnco3)cc2)c1[N+](=O)[O-]. The lowest BCUT2D eigenvalue weighted by molar-refractivity contribution is -0.385. The van der Waals surface area contributed by atoms with Crippen molar-refractivity contribution in [2.45, 2.75) is 6.92 Å². The van der Waals surface area contributed by atoms with Crippen molar-refractivity contribution < 1.29 is 18.9 Å². The van der Waals surface area contributed by atoms with Crippen LogP contribution in [0.4, 0.5) is 5.69 Å². The van der Waals surface area contributed by atoms with E-state index in [1.165, 1.54) is 12.5 Å². The van der Waals surface area contributed by atoms with Crippen molar-refractivity contribution in [3.8, 4) is 17.2 Å². The summed E-state index contributed by atoms with van der Waals surface area (Å²) < 4.78 is 10.3. The van der Waals surface area contributed by atoms with Crippen LogP contribution in [0.5, 0.6) is 5.75 Å². The molecule has 2 aromatic carbocycles. The molecule has 0 amide bonds. The predicted molar refractivity (Wildman–Crippen MR) is 82.5 cm³/mol. The van der Waals surface area contributed by atoms with Crippen LogP contribution in [0.3, 0.4) is 0 Å². The number of carbonyl (C=O) groups is 1. The van der Waals surface area contributed by atoms with Crippen LogP contribution in [-0.2, 0) is 0 Å². The molecular weight excluding hydrogens is 314 g/mol. The monoisotopic (exact) mass is 325 g/mol. The number of ether oxygens (including phenoxy) is 1. The van der Waals surface area contributed by atoms with Gasteiger partial charge in [0.15, 0.2) is 0 Å². The summed E-state index contributed by atoms with van der Waals surface area (Å²) in [7, 11) is 0. The Morgan fingerprint density at radius 2 is 1.96 bits per heavy atom. The van der Waals surface area contributed by atoms with Crippen LogP contribution in [0.1, 0.15) is 15.9 Å². The zero-order valence-electron chi connectivity index (χ0n) is 12.5. The number of carbonyl (C=O) groups excluding carboxylic acids is 1. The molecule has 120 valence electrons. The minimum atomic E-state index is -0.795. The number of hydrogen-bond acceptors (Lipinski definition) is 7. The number of esters is 1. The van der Waals surface area contributed by atoms with Gasteiger partial charge in [0.1, 0.15) is 11.3 Å². The van der Waals surface area contributed by atoms with E-state index in [1.54, 1.807) is 43.3 Å². The summed E-state index contributed by atoms with van der Waals surface area (Å²) in [5.41, 5.74) is 0.695. The summed E-state index contributed by atoms with van der Waals surface area (Å²) in [6.07, 6.45) is 1.21. The highest BCUT2D eigenvalue weighted by Crippen LogP contribution is 2.25. The van der Waals surface area contributed by atoms with E-state index in [-0.39, 0.29) is 17.0 Å². The van der Waals surface area contributed by atoms with E-state index in [2.05, 4.69) is 10.2 Å². The zero-order chi connectivity index (χ0) is 17.1. The molecule has 1 heterocycles. The van der Waals surface area contributed by atoms with Gasteiger partial charge in [-0.1, -0.05) is 12.1 Å². The van der Waals surface area contributed by atoms with Gasteiger partial charge in [0.2, 0.25) is 12.3 Å². The van der Waals surface area contributed by atoms with E-state index in [4.69, 9.17) is 9.15 Å². The third kappa shape index (κ3) is 2.98. The number of nitro benzene ring substituents is 1. The Morgan fingerprint density at radius 3 is 2.58 bits per heavy atom. The van der Waals surface area contributed by atoms with E-state index < -0.39 is 10.9 Å². The molecule has 0 aliphatic rings. The summed E-state index contributed by atoms with van der Waals surface area (Å²) in [4.78, 5) is 22.8. The molecule has 3 rings (SSSR count). The minimum Gasteiger partial charge on any atom is -0.423 e. The Morgan fingerprint density at radius 1 is 1.21 bits per heavy atom. The molecule has 0 atom stereocenters. The molecule has 8 heteroatoms. The molecule has 0 unspecified atom stereocenters. The van der Waals surface area contributed by atoms with Crippen molar-refractivity contribution >= 4 is 11.7 Å². The lowest BCUT2D eigenvalue weighted by Crippen LogP contribution is -2.11. The molecule has 0 saturated heterocycles. The van der Waals surface area contributed by atoms with Gasteiger partial charge < -0.3 is 9.15 Å². The molecule has 8 nitrogen and oxygen atoms in total. The summed E-state index contributed by atoms with van der Waals surface area (Å²) in [6.45, 7) is 1.56. The van der Waals surface area contributed by atoms with Crippen molar-refractivity contribution in [3.05, 3.63) is 70.1 Å². The van der Waals surface area contributed by atoms with Crippen LogP contribution in [0.2, 0.25) is 0 Å². The Hall–Kier alpha value is -3.55. The second-order valence-corrected chi connectivity index (χ2v) is 4.89. The van der Waals surface area contributed by atoms with Crippen LogP contribution < -0.4 is 4.74 Å². The first-order valence-electron chi connectivity index (χ1n) is 6.89. The van der Waals surface area contributed by atoms with E-state index in [1.807, 2.05) is 0 Å². The zero-order valence-corrected chi connectivity index (χ0v) is 12.5. The Kier molecular flexibility index (Phi) is 4.02. The average molecular weight is 325 g/mol. The van der Waals surface area contributed by atoms with Crippen LogP contribution in [-0.4, -0.2) is 21.1 Å². The highest BCUT2D eigenvalue weighted by atomic mass is 16.6. The van der Waals surface area contributed by atoms with Gasteiger partial charge in [-0.25, -0.2) is 4.79 Å². The fourth-order valence-electron chi connectivity index (χ4n) is 2.19. The summed E-state index contributed by atoms with van der Waals surface area (Å²) in [6, 6.07) is 10.9. The number of nitrogens with zero attached hydrogens (tertiary/aromatic N) is 3. The first-order chi connectivity index (χ1) is 11.6. The molecule has 1 aromatic heterocycles. The fraction of sp³-hybridized carbons (Fsp3) is 0.0625. The van der Waals surface area contributed by atoms with Gasteiger partial charge in [0.05, 0.1) is 4.92 Å². The smallest absolute Gasteiger partial charge is 0.350 e. The fourth-order valence-corrected chi connectivity index (χ4v) is 2.19. The Balaban J connectivity index is 1.83. The second-order valence-electron chi connectivity index (χ2n) is 4.89. The number of para-hydroxylation sites is 1. The van der Waals surface area contributed by atoms with Gasteiger partial charge >= 0.3 is 5.97 Å². The summed E-state index contributed by atoms with van der Waals surface area (Å²) in [5, 5.41) is 18.5. The predicted octanol–water partition coefficient (Wildman–Crippen LogP) is 3.17. The largest absolute Gasteiger partial charge is 0.423 e. The van der Waals surface area contributed by atoms with E-state index in [9.17, 15) is 14.9 Å².